The SMILES string of the molecule is CC(Nc1ccccc1CO)c1ccccc1O. The molecular formula is C15H17NO2. The first-order chi connectivity index (χ1) is 8.72. The summed E-state index contributed by atoms with van der Waals surface area (Å²) in [6.07, 6.45) is 0. The van der Waals surface area contributed by atoms with Crippen LogP contribution in [0.25, 0.3) is 0 Å². The summed E-state index contributed by atoms with van der Waals surface area (Å²) in [5.41, 5.74) is 2.57. The van der Waals surface area contributed by atoms with Crippen LogP contribution in [0, 0.1) is 0 Å². The van der Waals surface area contributed by atoms with Crippen molar-refractivity contribution in [1.82, 2.24) is 0 Å². The van der Waals surface area contributed by atoms with Gasteiger partial charge in [0.25, 0.3) is 0 Å². The minimum absolute atomic E-state index is 0.00331. The lowest BCUT2D eigenvalue weighted by Crippen LogP contribution is -2.08. The maximum atomic E-state index is 9.80. The number of aliphatic hydroxyl groups is 1. The smallest absolute Gasteiger partial charge is 0.120 e. The van der Waals surface area contributed by atoms with Crippen LogP contribution in [0.15, 0.2) is 48.5 Å². The van der Waals surface area contributed by atoms with Gasteiger partial charge in [-0.05, 0) is 19.1 Å². The number of para-hydroxylation sites is 2. The van der Waals surface area contributed by atoms with Crippen molar-refractivity contribution >= 4 is 5.69 Å². The van der Waals surface area contributed by atoms with Crippen LogP contribution < -0.4 is 5.32 Å². The van der Waals surface area contributed by atoms with E-state index in [0.29, 0.717) is 0 Å². The molecule has 0 radical (unpaired) electrons. The van der Waals surface area contributed by atoms with E-state index in [2.05, 4.69) is 5.32 Å². The Kier molecular flexibility index (Phi) is 3.85. The van der Waals surface area contributed by atoms with E-state index in [1.165, 1.54) is 0 Å². The number of aliphatic hydroxyl groups excluding tert-OH is 1. The van der Waals surface area contributed by atoms with E-state index in [1.54, 1.807) is 12.1 Å². The molecule has 1 atom stereocenters. The van der Waals surface area contributed by atoms with Crippen LogP contribution in [0.5, 0.6) is 5.75 Å². The van der Waals surface area contributed by atoms with Crippen molar-refractivity contribution in [2.75, 3.05) is 5.32 Å². The van der Waals surface area contributed by atoms with Gasteiger partial charge in [0, 0.05) is 16.8 Å². The van der Waals surface area contributed by atoms with Crippen LogP contribution in [0.2, 0.25) is 0 Å². The third-order valence-electron chi connectivity index (χ3n) is 2.96. The molecular weight excluding hydrogens is 226 g/mol. The highest BCUT2D eigenvalue weighted by atomic mass is 16.3. The molecule has 0 saturated carbocycles. The van der Waals surface area contributed by atoms with Crippen LogP contribution in [0.1, 0.15) is 24.1 Å². The van der Waals surface area contributed by atoms with E-state index >= 15 is 0 Å². The van der Waals surface area contributed by atoms with Gasteiger partial charge in [0.15, 0.2) is 0 Å². The molecule has 0 amide bonds. The van der Waals surface area contributed by atoms with Crippen molar-refractivity contribution in [3.8, 4) is 5.75 Å². The summed E-state index contributed by atoms with van der Waals surface area (Å²) in [5, 5.41) is 22.4. The third kappa shape index (κ3) is 2.63. The molecule has 3 N–H and O–H groups in total. The van der Waals surface area contributed by atoms with E-state index < -0.39 is 0 Å². The summed E-state index contributed by atoms with van der Waals surface area (Å²) in [5.74, 6) is 0.277. The Morgan fingerprint density at radius 2 is 1.72 bits per heavy atom. The number of benzene rings is 2. The van der Waals surface area contributed by atoms with Crippen LogP contribution in [-0.2, 0) is 6.61 Å². The van der Waals surface area contributed by atoms with E-state index in [4.69, 9.17) is 0 Å². The fourth-order valence-corrected chi connectivity index (χ4v) is 1.96. The van der Waals surface area contributed by atoms with Crippen molar-refractivity contribution in [3.05, 3.63) is 59.7 Å². The van der Waals surface area contributed by atoms with E-state index in [1.807, 2.05) is 43.3 Å². The summed E-state index contributed by atoms with van der Waals surface area (Å²) in [6.45, 7) is 1.97. The first-order valence-electron chi connectivity index (χ1n) is 5.95. The number of rotatable bonds is 4. The zero-order chi connectivity index (χ0) is 13.0. The zero-order valence-corrected chi connectivity index (χ0v) is 10.3. The molecule has 18 heavy (non-hydrogen) atoms. The largest absolute Gasteiger partial charge is 0.508 e. The normalized spacial score (nSPS) is 12.1. The molecule has 0 fully saturated rings. The number of anilines is 1. The summed E-state index contributed by atoms with van der Waals surface area (Å²) in [7, 11) is 0. The molecule has 0 aromatic heterocycles. The Morgan fingerprint density at radius 3 is 2.44 bits per heavy atom. The summed E-state index contributed by atoms with van der Waals surface area (Å²) in [4.78, 5) is 0. The first-order valence-corrected chi connectivity index (χ1v) is 5.95. The van der Waals surface area contributed by atoms with E-state index in [-0.39, 0.29) is 18.4 Å². The Bertz CT molecular complexity index is 525. The number of phenolic OH excluding ortho intramolecular Hbond substituents is 1. The summed E-state index contributed by atoms with van der Waals surface area (Å²) < 4.78 is 0. The first kappa shape index (κ1) is 12.5. The Balaban J connectivity index is 2.21. The summed E-state index contributed by atoms with van der Waals surface area (Å²) >= 11 is 0. The predicted octanol–water partition coefficient (Wildman–Crippen LogP) is 3.06. The van der Waals surface area contributed by atoms with Crippen LogP contribution in [-0.4, -0.2) is 10.2 Å². The number of phenols is 1. The number of hydrogen-bond donors (Lipinski definition) is 3. The van der Waals surface area contributed by atoms with Gasteiger partial charge in [0.05, 0.1) is 12.6 Å². The molecule has 3 nitrogen and oxygen atoms in total. The lowest BCUT2D eigenvalue weighted by molar-refractivity contribution is 0.282. The highest BCUT2D eigenvalue weighted by Crippen LogP contribution is 2.27. The number of aromatic hydroxyl groups is 1. The number of nitrogens with one attached hydrogen (secondary N) is 1. The van der Waals surface area contributed by atoms with Crippen LogP contribution in [0.3, 0.4) is 0 Å². The zero-order valence-electron chi connectivity index (χ0n) is 10.3. The molecule has 0 aliphatic heterocycles. The monoisotopic (exact) mass is 243 g/mol. The van der Waals surface area contributed by atoms with Crippen LogP contribution >= 0.6 is 0 Å². The Morgan fingerprint density at radius 1 is 1.06 bits per heavy atom. The van der Waals surface area contributed by atoms with E-state index in [9.17, 15) is 10.2 Å². The Hall–Kier alpha value is -2.00. The van der Waals surface area contributed by atoms with Gasteiger partial charge >= 0.3 is 0 Å². The average molecular weight is 243 g/mol. The second-order valence-corrected chi connectivity index (χ2v) is 4.24. The van der Waals surface area contributed by atoms with Gasteiger partial charge in [-0.15, -0.1) is 0 Å². The minimum atomic E-state index is -0.0288. The Labute approximate surface area is 107 Å². The van der Waals surface area contributed by atoms with Crippen LogP contribution in [0.4, 0.5) is 5.69 Å². The van der Waals surface area contributed by atoms with Gasteiger partial charge < -0.3 is 15.5 Å². The third-order valence-corrected chi connectivity index (χ3v) is 2.96. The predicted molar refractivity (Wildman–Crippen MR) is 72.5 cm³/mol. The molecule has 2 aromatic carbocycles. The van der Waals surface area contributed by atoms with Crippen molar-refractivity contribution in [1.29, 1.82) is 0 Å². The molecule has 0 heterocycles. The van der Waals surface area contributed by atoms with Crippen molar-refractivity contribution < 1.29 is 10.2 Å². The lowest BCUT2D eigenvalue weighted by Gasteiger charge is -2.18. The van der Waals surface area contributed by atoms with Gasteiger partial charge in [-0.1, -0.05) is 36.4 Å². The molecule has 2 aromatic rings. The highest BCUT2D eigenvalue weighted by molar-refractivity contribution is 5.53. The molecule has 1 unspecified atom stereocenters. The molecule has 0 aliphatic carbocycles. The maximum Gasteiger partial charge on any atom is 0.120 e. The standard InChI is InChI=1S/C15H17NO2/c1-11(13-7-3-5-9-15(13)18)16-14-8-4-2-6-12(14)10-17/h2-9,11,16-18H,10H2,1H3. The minimum Gasteiger partial charge on any atom is -0.508 e. The molecule has 0 bridgehead atoms. The van der Waals surface area contributed by atoms with Gasteiger partial charge in [0.2, 0.25) is 0 Å². The summed E-state index contributed by atoms with van der Waals surface area (Å²) in [6, 6.07) is 14.8. The van der Waals surface area contributed by atoms with Crippen molar-refractivity contribution in [2.24, 2.45) is 0 Å². The molecule has 0 aliphatic rings. The topological polar surface area (TPSA) is 52.5 Å². The van der Waals surface area contributed by atoms with Gasteiger partial charge in [-0.3, -0.25) is 0 Å². The quantitative estimate of drug-likeness (QED) is 0.773. The molecule has 2 rings (SSSR count). The van der Waals surface area contributed by atoms with Crippen molar-refractivity contribution in [3.63, 3.8) is 0 Å². The highest BCUT2D eigenvalue weighted by Gasteiger charge is 2.10. The van der Waals surface area contributed by atoms with Gasteiger partial charge in [-0.25, -0.2) is 0 Å². The second kappa shape index (κ2) is 5.56. The fourth-order valence-electron chi connectivity index (χ4n) is 1.96. The van der Waals surface area contributed by atoms with E-state index in [0.717, 1.165) is 16.8 Å². The molecule has 0 saturated heterocycles. The maximum absolute atomic E-state index is 9.80. The van der Waals surface area contributed by atoms with Gasteiger partial charge in [0.1, 0.15) is 5.75 Å². The molecule has 94 valence electrons. The molecule has 0 spiro atoms. The lowest BCUT2D eigenvalue weighted by atomic mass is 10.1. The molecule has 3 heteroatoms. The van der Waals surface area contributed by atoms with Crippen molar-refractivity contribution in [2.45, 2.75) is 19.6 Å². The second-order valence-electron chi connectivity index (χ2n) is 4.24. The average Bonchev–Trinajstić information content (AvgIpc) is 2.39. The van der Waals surface area contributed by atoms with Gasteiger partial charge in [-0.2, -0.15) is 0 Å². The number of hydrogen-bond acceptors (Lipinski definition) is 3. The fraction of sp³-hybridized carbons (Fsp3) is 0.200.